The van der Waals surface area contributed by atoms with Gasteiger partial charge in [-0.25, -0.2) is 17.9 Å². The molecule has 10 heteroatoms. The van der Waals surface area contributed by atoms with Crippen molar-refractivity contribution < 1.29 is 8.42 Å². The summed E-state index contributed by atoms with van der Waals surface area (Å²) < 4.78 is 26.2. The smallest absolute Gasteiger partial charge is 0.243 e. The molecule has 3 rings (SSSR count). The van der Waals surface area contributed by atoms with Crippen LogP contribution in [0.1, 0.15) is 0 Å². The van der Waals surface area contributed by atoms with Crippen LogP contribution in [-0.4, -0.2) is 41.3 Å². The van der Waals surface area contributed by atoms with Crippen LogP contribution in [-0.2, 0) is 10.0 Å². The Morgan fingerprint density at radius 1 is 1.26 bits per heavy atom. The van der Waals surface area contributed by atoms with Gasteiger partial charge in [-0.2, -0.15) is 4.98 Å². The molecule has 8 nitrogen and oxygen atoms in total. The third-order valence-electron chi connectivity index (χ3n) is 3.19. The number of anilines is 3. The molecule has 0 aliphatic carbocycles. The van der Waals surface area contributed by atoms with Gasteiger partial charge in [-0.1, -0.05) is 0 Å². The molecular weight excluding hydrogens is 340 g/mol. The first-order chi connectivity index (χ1) is 10.9. The highest BCUT2D eigenvalue weighted by Crippen LogP contribution is 2.28. The molecule has 0 saturated heterocycles. The van der Waals surface area contributed by atoms with Gasteiger partial charge < -0.3 is 5.32 Å². The summed E-state index contributed by atoms with van der Waals surface area (Å²) in [6.45, 7) is 0. The van der Waals surface area contributed by atoms with Gasteiger partial charge in [0.15, 0.2) is 11.5 Å². The van der Waals surface area contributed by atoms with Crippen molar-refractivity contribution in [3.8, 4) is 0 Å². The normalized spacial score (nSPS) is 11.6. The maximum absolute atomic E-state index is 11.8. The summed E-state index contributed by atoms with van der Waals surface area (Å²) in [4.78, 5) is 8.28. The average molecular weight is 353 g/mol. The molecule has 3 aromatic heterocycles. The molecule has 1 N–H and O–H groups in total. The maximum atomic E-state index is 11.8. The minimum atomic E-state index is -3.43. The van der Waals surface area contributed by atoms with E-state index in [-0.39, 0.29) is 11.1 Å². The van der Waals surface area contributed by atoms with Gasteiger partial charge >= 0.3 is 0 Å². The zero-order chi connectivity index (χ0) is 16.6. The van der Waals surface area contributed by atoms with E-state index in [9.17, 15) is 8.42 Å². The van der Waals surface area contributed by atoms with Gasteiger partial charge in [0, 0.05) is 19.4 Å². The molecule has 120 valence electrons. The highest BCUT2D eigenvalue weighted by Gasteiger charge is 2.18. The summed E-state index contributed by atoms with van der Waals surface area (Å²) in [5, 5.41) is 7.28. The van der Waals surface area contributed by atoms with E-state index in [1.807, 2.05) is 0 Å². The van der Waals surface area contributed by atoms with E-state index < -0.39 is 10.0 Å². The second-order valence-electron chi connectivity index (χ2n) is 4.80. The number of fused-ring (bicyclic) bond motifs is 1. The molecule has 0 spiro atoms. The summed E-state index contributed by atoms with van der Waals surface area (Å²) in [6, 6.07) is 7.00. The van der Waals surface area contributed by atoms with Crippen LogP contribution in [0.2, 0.25) is 5.28 Å². The van der Waals surface area contributed by atoms with E-state index in [0.29, 0.717) is 17.0 Å². The Labute approximate surface area is 137 Å². The molecule has 0 saturated carbocycles. The quantitative estimate of drug-likeness (QED) is 0.771. The fraction of sp³-hybridized carbons (Fsp3) is 0.154. The minimum absolute atomic E-state index is 0.124. The molecule has 0 aromatic carbocycles. The number of nitrogens with one attached hydrogen (secondary N) is 1. The molecule has 0 aliphatic rings. The Kier molecular flexibility index (Phi) is 3.82. The van der Waals surface area contributed by atoms with Crippen LogP contribution in [0.25, 0.3) is 5.65 Å². The van der Waals surface area contributed by atoms with Crippen LogP contribution in [0.4, 0.5) is 17.2 Å². The summed E-state index contributed by atoms with van der Waals surface area (Å²) >= 11 is 5.83. The van der Waals surface area contributed by atoms with Gasteiger partial charge in [0.2, 0.25) is 15.3 Å². The fourth-order valence-corrected chi connectivity index (χ4v) is 2.65. The molecule has 3 heterocycles. The van der Waals surface area contributed by atoms with Crippen molar-refractivity contribution >= 4 is 44.5 Å². The second kappa shape index (κ2) is 5.67. The number of rotatable bonds is 4. The summed E-state index contributed by atoms with van der Waals surface area (Å²) in [6.07, 6.45) is 4.35. The highest BCUT2D eigenvalue weighted by molar-refractivity contribution is 7.92. The first-order valence-corrected chi connectivity index (χ1v) is 8.76. The Balaban J connectivity index is 2.06. The molecule has 0 atom stereocenters. The van der Waals surface area contributed by atoms with Crippen LogP contribution in [0, 0.1) is 0 Å². The zero-order valence-corrected chi connectivity index (χ0v) is 13.9. The SMILES string of the molecule is CN(c1ncccc1Nc1cccn2nc(Cl)nc12)S(C)(=O)=O. The Bertz CT molecular complexity index is 972. The molecule has 3 aromatic rings. The molecule has 0 bridgehead atoms. The number of halogens is 1. The van der Waals surface area contributed by atoms with Gasteiger partial charge in [0.25, 0.3) is 0 Å². The average Bonchev–Trinajstić information content (AvgIpc) is 2.87. The van der Waals surface area contributed by atoms with Gasteiger partial charge in [-0.3, -0.25) is 4.31 Å². The summed E-state index contributed by atoms with van der Waals surface area (Å²) in [5.41, 5.74) is 1.67. The lowest BCUT2D eigenvalue weighted by Gasteiger charge is -2.19. The highest BCUT2D eigenvalue weighted by atomic mass is 35.5. The Morgan fingerprint density at radius 3 is 2.74 bits per heavy atom. The molecule has 0 aliphatic heterocycles. The molecule has 0 unspecified atom stereocenters. The van der Waals surface area contributed by atoms with E-state index in [4.69, 9.17) is 11.6 Å². The lowest BCUT2D eigenvalue weighted by atomic mass is 10.3. The number of aromatic nitrogens is 4. The Hall–Kier alpha value is -2.39. The third-order valence-corrected chi connectivity index (χ3v) is 4.52. The summed E-state index contributed by atoms with van der Waals surface area (Å²) in [7, 11) is -1.99. The van der Waals surface area contributed by atoms with Crippen LogP contribution < -0.4 is 9.62 Å². The standard InChI is InChI=1S/C13H13ClN6O2S/c1-19(23(2,21)22)11-9(5-3-7-15-11)16-10-6-4-8-20-12(10)17-13(14)18-20/h3-8,16H,1-2H3. The van der Waals surface area contributed by atoms with Crippen molar-refractivity contribution in [1.29, 1.82) is 0 Å². The molecule has 0 radical (unpaired) electrons. The Morgan fingerprint density at radius 2 is 2.00 bits per heavy atom. The first kappa shape index (κ1) is 15.5. The lowest BCUT2D eigenvalue weighted by molar-refractivity contribution is 0.600. The van der Waals surface area contributed by atoms with Crippen molar-refractivity contribution in [3.05, 3.63) is 41.9 Å². The number of hydrogen-bond acceptors (Lipinski definition) is 6. The van der Waals surface area contributed by atoms with Crippen molar-refractivity contribution in [1.82, 2.24) is 19.6 Å². The number of sulfonamides is 1. The van der Waals surface area contributed by atoms with Crippen LogP contribution in [0.5, 0.6) is 0 Å². The van der Waals surface area contributed by atoms with E-state index in [1.54, 1.807) is 30.5 Å². The molecular formula is C13H13ClN6O2S. The van der Waals surface area contributed by atoms with Crippen molar-refractivity contribution in [3.63, 3.8) is 0 Å². The minimum Gasteiger partial charge on any atom is -0.349 e. The van der Waals surface area contributed by atoms with Crippen molar-refractivity contribution in [2.24, 2.45) is 0 Å². The van der Waals surface area contributed by atoms with Gasteiger partial charge in [0.05, 0.1) is 17.6 Å². The molecule has 0 amide bonds. The van der Waals surface area contributed by atoms with Gasteiger partial charge in [-0.15, -0.1) is 5.10 Å². The van der Waals surface area contributed by atoms with Crippen molar-refractivity contribution in [2.75, 3.05) is 22.9 Å². The summed E-state index contributed by atoms with van der Waals surface area (Å²) in [5.74, 6) is 0.280. The molecule has 23 heavy (non-hydrogen) atoms. The topological polar surface area (TPSA) is 92.5 Å². The zero-order valence-electron chi connectivity index (χ0n) is 12.3. The fourth-order valence-electron chi connectivity index (χ4n) is 2.03. The lowest BCUT2D eigenvalue weighted by Crippen LogP contribution is -2.26. The van der Waals surface area contributed by atoms with Gasteiger partial charge in [-0.05, 0) is 35.9 Å². The van der Waals surface area contributed by atoms with Gasteiger partial charge in [0.1, 0.15) is 0 Å². The number of hydrogen-bond donors (Lipinski definition) is 1. The van der Waals surface area contributed by atoms with Crippen LogP contribution in [0.3, 0.4) is 0 Å². The van der Waals surface area contributed by atoms with E-state index in [1.165, 1.54) is 17.8 Å². The monoisotopic (exact) mass is 352 g/mol. The van der Waals surface area contributed by atoms with Crippen LogP contribution >= 0.6 is 11.6 Å². The largest absolute Gasteiger partial charge is 0.349 e. The third kappa shape index (κ3) is 3.06. The number of nitrogens with zero attached hydrogens (tertiary/aromatic N) is 5. The predicted molar refractivity (Wildman–Crippen MR) is 88.8 cm³/mol. The van der Waals surface area contributed by atoms with E-state index in [0.717, 1.165) is 10.6 Å². The second-order valence-corrected chi connectivity index (χ2v) is 7.15. The first-order valence-electron chi connectivity index (χ1n) is 6.53. The van der Waals surface area contributed by atoms with E-state index >= 15 is 0 Å². The maximum Gasteiger partial charge on any atom is 0.243 e. The van der Waals surface area contributed by atoms with Crippen molar-refractivity contribution in [2.45, 2.75) is 0 Å². The predicted octanol–water partition coefficient (Wildman–Crippen LogP) is 1.92. The molecule has 0 fully saturated rings. The number of pyridine rings is 2. The van der Waals surface area contributed by atoms with Crippen LogP contribution in [0.15, 0.2) is 36.7 Å². The van der Waals surface area contributed by atoms with E-state index in [2.05, 4.69) is 20.4 Å².